The lowest BCUT2D eigenvalue weighted by Crippen LogP contribution is -2.14. The summed E-state index contributed by atoms with van der Waals surface area (Å²) in [5.74, 6) is 1.06. The van der Waals surface area contributed by atoms with Gasteiger partial charge < -0.3 is 10.1 Å². The minimum Gasteiger partial charge on any atom is -0.372 e. The van der Waals surface area contributed by atoms with E-state index in [1.54, 1.807) is 23.1 Å². The van der Waals surface area contributed by atoms with Gasteiger partial charge in [0.05, 0.1) is 23.5 Å². The number of nitrogens with one attached hydrogen (secondary N) is 1. The average molecular weight is 337 g/mol. The van der Waals surface area contributed by atoms with Crippen LogP contribution in [0.15, 0.2) is 36.7 Å². The Hall–Kier alpha value is -2.80. The fourth-order valence-corrected chi connectivity index (χ4v) is 3.06. The van der Waals surface area contributed by atoms with Crippen LogP contribution in [0.3, 0.4) is 0 Å². The smallest absolute Gasteiger partial charge is 0.222 e. The maximum Gasteiger partial charge on any atom is 0.222 e. The average Bonchev–Trinajstić information content (AvgIpc) is 3.05. The Morgan fingerprint density at radius 2 is 2.24 bits per heavy atom. The topological polar surface area (TPSA) is 81.9 Å². The summed E-state index contributed by atoms with van der Waals surface area (Å²) in [7, 11) is 0. The van der Waals surface area contributed by atoms with E-state index in [1.165, 1.54) is 6.92 Å². The molecule has 7 heteroatoms. The molecule has 7 nitrogen and oxygen atoms in total. The molecule has 3 aromatic heterocycles. The van der Waals surface area contributed by atoms with Gasteiger partial charge in [-0.1, -0.05) is 6.07 Å². The van der Waals surface area contributed by atoms with Crippen molar-refractivity contribution in [1.29, 1.82) is 0 Å². The summed E-state index contributed by atoms with van der Waals surface area (Å²) in [6, 6.07) is 7.68. The molecule has 1 saturated heterocycles. The summed E-state index contributed by atoms with van der Waals surface area (Å²) in [4.78, 5) is 20.2. The van der Waals surface area contributed by atoms with E-state index in [0.29, 0.717) is 5.82 Å². The van der Waals surface area contributed by atoms with Gasteiger partial charge >= 0.3 is 0 Å². The molecule has 0 bridgehead atoms. The zero-order chi connectivity index (χ0) is 17.2. The lowest BCUT2D eigenvalue weighted by atomic mass is 10.1. The normalized spacial score (nSPS) is 17.6. The first-order valence-corrected chi connectivity index (χ1v) is 8.41. The van der Waals surface area contributed by atoms with E-state index in [4.69, 9.17) is 9.72 Å². The molecule has 25 heavy (non-hydrogen) atoms. The van der Waals surface area contributed by atoms with Crippen LogP contribution in [-0.2, 0) is 9.53 Å². The van der Waals surface area contributed by atoms with Gasteiger partial charge in [-0.25, -0.2) is 14.6 Å². The minimum absolute atomic E-state index is 0.0483. The quantitative estimate of drug-likeness (QED) is 0.794. The van der Waals surface area contributed by atoms with Gasteiger partial charge in [0.25, 0.3) is 0 Å². The van der Waals surface area contributed by atoms with E-state index >= 15 is 0 Å². The first kappa shape index (κ1) is 15.7. The third-order valence-corrected chi connectivity index (χ3v) is 4.24. The predicted octanol–water partition coefficient (Wildman–Crippen LogP) is 3.02. The molecule has 128 valence electrons. The Bertz CT molecular complexity index is 915. The van der Waals surface area contributed by atoms with Crippen LogP contribution >= 0.6 is 0 Å². The van der Waals surface area contributed by atoms with Crippen molar-refractivity contribution < 1.29 is 9.53 Å². The second-order valence-electron chi connectivity index (χ2n) is 6.14. The molecule has 0 aromatic carbocycles. The zero-order valence-corrected chi connectivity index (χ0v) is 14.0. The molecule has 4 heterocycles. The highest BCUT2D eigenvalue weighted by atomic mass is 16.5. The predicted molar refractivity (Wildman–Crippen MR) is 93.5 cm³/mol. The van der Waals surface area contributed by atoms with Crippen LogP contribution in [0.5, 0.6) is 0 Å². The van der Waals surface area contributed by atoms with Crippen molar-refractivity contribution in [2.75, 3.05) is 11.9 Å². The number of nitrogens with zero attached hydrogens (tertiary/aromatic N) is 4. The maximum absolute atomic E-state index is 11.3. The van der Waals surface area contributed by atoms with Crippen LogP contribution in [0.25, 0.3) is 16.7 Å². The molecule has 1 N–H and O–H groups in total. The van der Waals surface area contributed by atoms with Crippen LogP contribution in [0, 0.1) is 0 Å². The van der Waals surface area contributed by atoms with Crippen LogP contribution in [0.2, 0.25) is 0 Å². The van der Waals surface area contributed by atoms with Gasteiger partial charge in [0, 0.05) is 31.2 Å². The van der Waals surface area contributed by atoms with E-state index in [2.05, 4.69) is 15.4 Å². The van der Waals surface area contributed by atoms with Gasteiger partial charge in [0.2, 0.25) is 5.91 Å². The van der Waals surface area contributed by atoms with Crippen molar-refractivity contribution in [3.05, 3.63) is 42.4 Å². The summed E-state index contributed by atoms with van der Waals surface area (Å²) in [5, 5.41) is 8.01. The third kappa shape index (κ3) is 3.23. The molecular weight excluding hydrogens is 318 g/mol. The van der Waals surface area contributed by atoms with E-state index in [9.17, 15) is 4.79 Å². The number of hydrogen-bond acceptors (Lipinski definition) is 5. The molecular formula is C18H19N5O2. The number of fused-ring (bicyclic) bond motifs is 1. The van der Waals surface area contributed by atoms with Crippen LogP contribution in [0.4, 0.5) is 5.82 Å². The highest BCUT2D eigenvalue weighted by molar-refractivity contribution is 5.90. The SMILES string of the molecule is CC(=O)Nc1cc2c(cn1)cnn2-c1cccc(C2CCCCO2)n1. The van der Waals surface area contributed by atoms with E-state index in [1.807, 2.05) is 18.2 Å². The Labute approximate surface area is 145 Å². The number of anilines is 1. The fourth-order valence-electron chi connectivity index (χ4n) is 3.06. The zero-order valence-electron chi connectivity index (χ0n) is 14.0. The van der Waals surface area contributed by atoms with Gasteiger partial charge in [-0.05, 0) is 31.4 Å². The maximum atomic E-state index is 11.3. The number of aromatic nitrogens is 4. The molecule has 0 spiro atoms. The molecule has 1 amide bonds. The molecule has 1 unspecified atom stereocenters. The molecule has 0 saturated carbocycles. The standard InChI is InChI=1S/C18H19N5O2/c1-12(24)21-17-9-15-13(10-19-17)11-20-23(15)18-7-4-5-14(22-18)16-6-2-3-8-25-16/h4-5,7,9-11,16H,2-3,6,8H2,1H3,(H,19,21,24). The Balaban J connectivity index is 1.72. The number of ether oxygens (including phenoxy) is 1. The number of rotatable bonds is 3. The molecule has 1 fully saturated rings. The number of amides is 1. The van der Waals surface area contributed by atoms with Gasteiger partial charge in [0.15, 0.2) is 5.82 Å². The first-order chi connectivity index (χ1) is 12.2. The lowest BCUT2D eigenvalue weighted by Gasteiger charge is -2.22. The monoisotopic (exact) mass is 337 g/mol. The molecule has 0 aliphatic carbocycles. The highest BCUT2D eigenvalue weighted by Gasteiger charge is 2.18. The van der Waals surface area contributed by atoms with Crippen LogP contribution < -0.4 is 5.32 Å². The minimum atomic E-state index is -0.160. The van der Waals surface area contributed by atoms with Gasteiger partial charge in [-0.2, -0.15) is 5.10 Å². The van der Waals surface area contributed by atoms with Crippen molar-refractivity contribution in [2.24, 2.45) is 0 Å². The third-order valence-electron chi connectivity index (χ3n) is 4.24. The Morgan fingerprint density at radius 3 is 3.04 bits per heavy atom. The highest BCUT2D eigenvalue weighted by Crippen LogP contribution is 2.27. The van der Waals surface area contributed by atoms with Crippen molar-refractivity contribution in [2.45, 2.75) is 32.3 Å². The lowest BCUT2D eigenvalue weighted by molar-refractivity contribution is -0.114. The fraction of sp³-hybridized carbons (Fsp3) is 0.333. The van der Waals surface area contributed by atoms with Crippen molar-refractivity contribution in [3.63, 3.8) is 0 Å². The number of hydrogen-bond donors (Lipinski definition) is 1. The summed E-state index contributed by atoms with van der Waals surface area (Å²) in [5.41, 5.74) is 1.77. The van der Waals surface area contributed by atoms with Crippen molar-refractivity contribution >= 4 is 22.6 Å². The second kappa shape index (κ2) is 6.60. The largest absolute Gasteiger partial charge is 0.372 e. The van der Waals surface area contributed by atoms with Gasteiger partial charge in [0.1, 0.15) is 5.82 Å². The molecule has 0 radical (unpaired) electrons. The van der Waals surface area contributed by atoms with Gasteiger partial charge in [-0.15, -0.1) is 0 Å². The number of pyridine rings is 2. The van der Waals surface area contributed by atoms with Crippen molar-refractivity contribution in [3.8, 4) is 5.82 Å². The summed E-state index contributed by atoms with van der Waals surface area (Å²) in [6.45, 7) is 2.24. The first-order valence-electron chi connectivity index (χ1n) is 8.41. The molecule has 4 rings (SSSR count). The molecule has 1 aliphatic heterocycles. The Morgan fingerprint density at radius 1 is 1.32 bits per heavy atom. The Kier molecular flexibility index (Phi) is 4.15. The molecule has 1 aliphatic rings. The van der Waals surface area contributed by atoms with Crippen LogP contribution in [0.1, 0.15) is 38.0 Å². The summed E-state index contributed by atoms with van der Waals surface area (Å²) >= 11 is 0. The van der Waals surface area contributed by atoms with E-state index in [0.717, 1.165) is 48.3 Å². The van der Waals surface area contributed by atoms with E-state index < -0.39 is 0 Å². The molecule has 1 atom stereocenters. The molecule has 3 aromatic rings. The van der Waals surface area contributed by atoms with Gasteiger partial charge in [-0.3, -0.25) is 4.79 Å². The number of carbonyl (C=O) groups excluding carboxylic acids is 1. The van der Waals surface area contributed by atoms with Crippen molar-refractivity contribution in [1.82, 2.24) is 19.7 Å². The van der Waals surface area contributed by atoms with E-state index in [-0.39, 0.29) is 12.0 Å². The van der Waals surface area contributed by atoms with Crippen LogP contribution in [-0.4, -0.2) is 32.3 Å². The summed E-state index contributed by atoms with van der Waals surface area (Å²) < 4.78 is 7.60. The summed E-state index contributed by atoms with van der Waals surface area (Å²) in [6.07, 6.45) is 6.75. The second-order valence-corrected chi connectivity index (χ2v) is 6.14. The number of carbonyl (C=O) groups is 1.